The Morgan fingerprint density at radius 3 is 2.29 bits per heavy atom. The van der Waals surface area contributed by atoms with Crippen LogP contribution in [0.5, 0.6) is 0 Å². The van der Waals surface area contributed by atoms with Gasteiger partial charge in [-0.15, -0.1) is 23.2 Å². The fraction of sp³-hybridized carbons (Fsp3) is 1.00. The quantitative estimate of drug-likeness (QED) is 0.622. The summed E-state index contributed by atoms with van der Waals surface area (Å²) in [5.41, 5.74) is 0. The lowest BCUT2D eigenvalue weighted by Crippen LogP contribution is -1.99. The first-order chi connectivity index (χ1) is 3.31. The van der Waals surface area contributed by atoms with E-state index in [4.69, 9.17) is 23.2 Å². The number of rotatable bonds is 3. The van der Waals surface area contributed by atoms with Crippen molar-refractivity contribution in [2.45, 2.75) is 11.8 Å². The van der Waals surface area contributed by atoms with Gasteiger partial charge in [-0.3, -0.25) is 0 Å². The van der Waals surface area contributed by atoms with Crippen molar-refractivity contribution in [2.24, 2.45) is 0 Å². The second kappa shape index (κ2) is 5.20. The average molecular weight is 206 g/mol. The van der Waals surface area contributed by atoms with E-state index in [0.29, 0.717) is 5.88 Å². The number of hydrogen-bond acceptors (Lipinski definition) is 0. The maximum atomic E-state index is 5.60. The monoisotopic (exact) mass is 204 g/mol. The van der Waals surface area contributed by atoms with Crippen LogP contribution in [0.25, 0.3) is 0 Å². The van der Waals surface area contributed by atoms with Gasteiger partial charge in [-0.25, -0.2) is 0 Å². The SMILES string of the molecule is ClC[C@@H](Cl)CCBr. The maximum Gasteiger partial charge on any atom is 0.0479 e. The van der Waals surface area contributed by atoms with Crippen molar-refractivity contribution in [3.8, 4) is 0 Å². The van der Waals surface area contributed by atoms with Gasteiger partial charge in [0.15, 0.2) is 0 Å². The Balaban J connectivity index is 2.83. The summed E-state index contributed by atoms with van der Waals surface area (Å²) in [4.78, 5) is 0. The van der Waals surface area contributed by atoms with E-state index in [0.717, 1.165) is 11.8 Å². The summed E-state index contributed by atoms with van der Waals surface area (Å²) in [6.07, 6.45) is 0.949. The molecule has 7 heavy (non-hydrogen) atoms. The zero-order valence-corrected chi connectivity index (χ0v) is 6.93. The molecule has 0 heterocycles. The molecule has 0 amide bonds. The summed E-state index contributed by atoms with van der Waals surface area (Å²) in [5, 5.41) is 1.08. The number of hydrogen-bond donors (Lipinski definition) is 0. The van der Waals surface area contributed by atoms with E-state index in [1.54, 1.807) is 0 Å². The van der Waals surface area contributed by atoms with Crippen LogP contribution in [-0.4, -0.2) is 16.6 Å². The lowest BCUT2D eigenvalue weighted by molar-refractivity contribution is 0.918. The molecule has 0 rings (SSSR count). The van der Waals surface area contributed by atoms with Crippen molar-refractivity contribution in [3.05, 3.63) is 0 Å². The summed E-state index contributed by atoms with van der Waals surface area (Å²) >= 11 is 14.2. The summed E-state index contributed by atoms with van der Waals surface area (Å²) in [6.45, 7) is 0. The van der Waals surface area contributed by atoms with E-state index >= 15 is 0 Å². The Labute approximate surface area is 62.3 Å². The van der Waals surface area contributed by atoms with Crippen LogP contribution in [0.4, 0.5) is 0 Å². The molecule has 0 radical (unpaired) electrons. The molecule has 44 valence electrons. The van der Waals surface area contributed by atoms with E-state index in [9.17, 15) is 0 Å². The molecule has 0 aromatic heterocycles. The smallest absolute Gasteiger partial charge is 0.0479 e. The largest absolute Gasteiger partial charge is 0.125 e. The molecule has 0 aliphatic carbocycles. The molecule has 1 atom stereocenters. The summed E-state index contributed by atoms with van der Waals surface area (Å²) in [7, 11) is 0. The number of alkyl halides is 3. The van der Waals surface area contributed by atoms with Gasteiger partial charge in [-0.1, -0.05) is 15.9 Å². The van der Waals surface area contributed by atoms with E-state index in [1.165, 1.54) is 0 Å². The third kappa shape index (κ3) is 4.92. The van der Waals surface area contributed by atoms with Gasteiger partial charge >= 0.3 is 0 Å². The van der Waals surface area contributed by atoms with Crippen LogP contribution in [0.15, 0.2) is 0 Å². The molecule has 0 saturated heterocycles. The van der Waals surface area contributed by atoms with E-state index in [-0.39, 0.29) is 5.38 Å². The molecule has 0 aliphatic rings. The highest BCUT2D eigenvalue weighted by Gasteiger charge is 1.97. The Bertz CT molecular complexity index is 40.7. The fourth-order valence-electron chi connectivity index (χ4n) is 0.196. The Hall–Kier alpha value is 1.06. The Morgan fingerprint density at radius 1 is 1.57 bits per heavy atom. The minimum Gasteiger partial charge on any atom is -0.125 e. The van der Waals surface area contributed by atoms with Crippen LogP contribution in [0.1, 0.15) is 6.42 Å². The first-order valence-corrected chi connectivity index (χ1v) is 4.16. The Kier molecular flexibility index (Phi) is 5.99. The predicted octanol–water partition coefficient (Wildman–Crippen LogP) is 2.62. The second-order valence-corrected chi connectivity index (χ2v) is 2.95. The van der Waals surface area contributed by atoms with Crippen LogP contribution < -0.4 is 0 Å². The highest BCUT2D eigenvalue weighted by Crippen LogP contribution is 2.05. The predicted molar refractivity (Wildman–Crippen MR) is 38.8 cm³/mol. The molecule has 0 unspecified atom stereocenters. The third-order valence-corrected chi connectivity index (χ3v) is 1.95. The molecule has 0 fully saturated rings. The lowest BCUT2D eigenvalue weighted by Gasteiger charge is -1.97. The molecule has 0 aromatic carbocycles. The summed E-state index contributed by atoms with van der Waals surface area (Å²) < 4.78 is 0. The first kappa shape index (κ1) is 8.06. The van der Waals surface area contributed by atoms with E-state index in [2.05, 4.69) is 15.9 Å². The maximum absolute atomic E-state index is 5.60. The standard InChI is InChI=1S/C4H7BrCl2/c5-2-1-4(7)3-6/h4H,1-3H2/t4-/m0/s1. The average Bonchev–Trinajstić information content (AvgIpc) is 1.68. The van der Waals surface area contributed by atoms with Crippen LogP contribution in [0.2, 0.25) is 0 Å². The Morgan fingerprint density at radius 2 is 2.14 bits per heavy atom. The van der Waals surface area contributed by atoms with E-state index < -0.39 is 0 Å². The summed E-state index contributed by atoms with van der Waals surface area (Å²) in [6, 6.07) is 0. The van der Waals surface area contributed by atoms with Crippen molar-refractivity contribution >= 4 is 39.1 Å². The van der Waals surface area contributed by atoms with E-state index in [1.807, 2.05) is 0 Å². The highest BCUT2D eigenvalue weighted by molar-refractivity contribution is 9.09. The van der Waals surface area contributed by atoms with Gasteiger partial charge in [0.1, 0.15) is 0 Å². The van der Waals surface area contributed by atoms with Crippen LogP contribution in [0.3, 0.4) is 0 Å². The van der Waals surface area contributed by atoms with Crippen molar-refractivity contribution in [1.82, 2.24) is 0 Å². The van der Waals surface area contributed by atoms with Crippen LogP contribution in [0, 0.1) is 0 Å². The molecule has 0 bridgehead atoms. The van der Waals surface area contributed by atoms with Gasteiger partial charge in [-0.2, -0.15) is 0 Å². The molecule has 0 aliphatic heterocycles. The van der Waals surface area contributed by atoms with Gasteiger partial charge in [0.2, 0.25) is 0 Å². The van der Waals surface area contributed by atoms with Crippen LogP contribution >= 0.6 is 39.1 Å². The minimum absolute atomic E-state index is 0.140. The zero-order valence-electron chi connectivity index (χ0n) is 3.83. The van der Waals surface area contributed by atoms with Crippen LogP contribution in [-0.2, 0) is 0 Å². The van der Waals surface area contributed by atoms with Crippen molar-refractivity contribution in [2.75, 3.05) is 11.2 Å². The fourth-order valence-corrected chi connectivity index (χ4v) is 1.28. The molecule has 0 saturated carbocycles. The topological polar surface area (TPSA) is 0 Å². The molecule has 0 N–H and O–H groups in total. The highest BCUT2D eigenvalue weighted by atomic mass is 79.9. The number of halogens is 3. The van der Waals surface area contributed by atoms with Gasteiger partial charge in [0.05, 0.1) is 0 Å². The zero-order chi connectivity index (χ0) is 5.70. The first-order valence-electron chi connectivity index (χ1n) is 2.07. The molecule has 0 aromatic rings. The molecule has 3 heteroatoms. The molecule has 0 nitrogen and oxygen atoms in total. The van der Waals surface area contributed by atoms with Crippen molar-refractivity contribution in [1.29, 1.82) is 0 Å². The van der Waals surface area contributed by atoms with Gasteiger partial charge in [0.25, 0.3) is 0 Å². The third-order valence-electron chi connectivity index (χ3n) is 0.590. The molecule has 0 spiro atoms. The normalized spacial score (nSPS) is 14.1. The van der Waals surface area contributed by atoms with Crippen molar-refractivity contribution < 1.29 is 0 Å². The van der Waals surface area contributed by atoms with Gasteiger partial charge < -0.3 is 0 Å². The van der Waals surface area contributed by atoms with Gasteiger partial charge in [0, 0.05) is 16.6 Å². The van der Waals surface area contributed by atoms with Gasteiger partial charge in [-0.05, 0) is 6.42 Å². The summed E-state index contributed by atoms with van der Waals surface area (Å²) in [5.74, 6) is 0.549. The second-order valence-electron chi connectivity index (χ2n) is 1.23. The van der Waals surface area contributed by atoms with Crippen molar-refractivity contribution in [3.63, 3.8) is 0 Å². The lowest BCUT2D eigenvalue weighted by atomic mass is 10.4. The minimum atomic E-state index is 0.140. The molecular weight excluding hydrogens is 199 g/mol. The molecular formula is C4H7BrCl2.